The monoisotopic (exact) mass is 246 g/mol. The predicted molar refractivity (Wildman–Crippen MR) is 67.1 cm³/mol. The molecule has 0 fully saturated rings. The highest BCUT2D eigenvalue weighted by Crippen LogP contribution is 2.29. The summed E-state index contributed by atoms with van der Waals surface area (Å²) in [6, 6.07) is 5.95. The van der Waals surface area contributed by atoms with Crippen molar-refractivity contribution in [3.05, 3.63) is 30.6 Å². The zero-order valence-electron chi connectivity index (χ0n) is 10.5. The molecule has 2 aromatic rings. The van der Waals surface area contributed by atoms with E-state index in [1.54, 1.807) is 26.6 Å². The fourth-order valence-electron chi connectivity index (χ4n) is 1.54. The van der Waals surface area contributed by atoms with Crippen LogP contribution in [-0.4, -0.2) is 31.3 Å². The minimum atomic E-state index is 0.341. The van der Waals surface area contributed by atoms with E-state index in [1.165, 1.54) is 7.11 Å². The van der Waals surface area contributed by atoms with Gasteiger partial charge in [0.15, 0.2) is 0 Å². The van der Waals surface area contributed by atoms with E-state index in [-0.39, 0.29) is 0 Å². The van der Waals surface area contributed by atoms with Gasteiger partial charge in [0.25, 0.3) is 0 Å². The topological polar surface area (TPSA) is 53.5 Å². The zero-order valence-corrected chi connectivity index (χ0v) is 10.5. The molecule has 1 heterocycles. The smallest absolute Gasteiger partial charge is 0.316 e. The Morgan fingerprint density at radius 2 is 1.28 bits per heavy atom. The lowest BCUT2D eigenvalue weighted by Gasteiger charge is -2.08. The molecule has 0 aliphatic carbocycles. The van der Waals surface area contributed by atoms with Crippen LogP contribution < -0.4 is 14.2 Å². The Hall–Kier alpha value is -2.30. The molecular formula is C13H14N2O3. The van der Waals surface area contributed by atoms with Gasteiger partial charge in [0.1, 0.15) is 11.5 Å². The van der Waals surface area contributed by atoms with Crippen LogP contribution in [0.15, 0.2) is 30.6 Å². The molecular weight excluding hydrogens is 232 g/mol. The molecule has 0 unspecified atom stereocenters. The van der Waals surface area contributed by atoms with Crippen LogP contribution in [0.1, 0.15) is 0 Å². The molecule has 0 N–H and O–H groups in total. The van der Waals surface area contributed by atoms with Crippen LogP contribution in [0.2, 0.25) is 0 Å². The van der Waals surface area contributed by atoms with Gasteiger partial charge < -0.3 is 14.2 Å². The van der Waals surface area contributed by atoms with E-state index in [4.69, 9.17) is 14.2 Å². The molecule has 5 heteroatoms. The highest BCUT2D eigenvalue weighted by Gasteiger charge is 2.05. The van der Waals surface area contributed by atoms with Crippen LogP contribution in [-0.2, 0) is 0 Å². The van der Waals surface area contributed by atoms with Crippen molar-refractivity contribution < 1.29 is 14.2 Å². The minimum absolute atomic E-state index is 0.341. The van der Waals surface area contributed by atoms with Gasteiger partial charge in [-0.15, -0.1) is 0 Å². The van der Waals surface area contributed by atoms with Crippen molar-refractivity contribution in [1.29, 1.82) is 0 Å². The number of methoxy groups -OCH3 is 3. The first-order valence-electron chi connectivity index (χ1n) is 5.36. The normalized spacial score (nSPS) is 9.94. The molecule has 18 heavy (non-hydrogen) atoms. The quantitative estimate of drug-likeness (QED) is 0.827. The van der Waals surface area contributed by atoms with E-state index in [2.05, 4.69) is 9.97 Å². The fourth-order valence-corrected chi connectivity index (χ4v) is 1.54. The lowest BCUT2D eigenvalue weighted by Crippen LogP contribution is -1.92. The summed E-state index contributed by atoms with van der Waals surface area (Å²) in [5.74, 6) is 1.44. The Bertz CT molecular complexity index is 504. The van der Waals surface area contributed by atoms with Gasteiger partial charge >= 0.3 is 6.01 Å². The first kappa shape index (κ1) is 12.2. The van der Waals surface area contributed by atoms with Crippen molar-refractivity contribution >= 4 is 0 Å². The number of aromatic nitrogens is 2. The van der Waals surface area contributed by atoms with Gasteiger partial charge in [0.2, 0.25) is 0 Å². The number of hydrogen-bond donors (Lipinski definition) is 0. The van der Waals surface area contributed by atoms with Crippen LogP contribution in [0.4, 0.5) is 0 Å². The molecule has 0 aliphatic heterocycles. The summed E-state index contributed by atoms with van der Waals surface area (Å²) < 4.78 is 15.4. The molecule has 0 saturated carbocycles. The molecule has 0 saturated heterocycles. The average Bonchev–Trinajstić information content (AvgIpc) is 2.46. The van der Waals surface area contributed by atoms with Gasteiger partial charge in [-0.3, -0.25) is 0 Å². The summed E-state index contributed by atoms with van der Waals surface area (Å²) in [6.07, 6.45) is 3.39. The van der Waals surface area contributed by atoms with E-state index in [9.17, 15) is 0 Å². The lowest BCUT2D eigenvalue weighted by atomic mass is 10.1. The van der Waals surface area contributed by atoms with Gasteiger partial charge in [-0.25, -0.2) is 9.97 Å². The summed E-state index contributed by atoms with van der Waals surface area (Å²) in [4.78, 5) is 8.14. The predicted octanol–water partition coefficient (Wildman–Crippen LogP) is 2.17. The summed E-state index contributed by atoms with van der Waals surface area (Å²) in [5, 5.41) is 0. The fraction of sp³-hybridized carbons (Fsp3) is 0.231. The Balaban J connectivity index is 2.41. The van der Waals surface area contributed by atoms with Crippen LogP contribution >= 0.6 is 0 Å². The molecule has 1 aromatic carbocycles. The average molecular weight is 246 g/mol. The van der Waals surface area contributed by atoms with Crippen molar-refractivity contribution in [2.24, 2.45) is 0 Å². The van der Waals surface area contributed by atoms with Gasteiger partial charge in [-0.1, -0.05) is 0 Å². The number of nitrogens with zero attached hydrogens (tertiary/aromatic N) is 2. The van der Waals surface area contributed by atoms with E-state index in [1.807, 2.05) is 18.2 Å². The Labute approximate surface area is 105 Å². The van der Waals surface area contributed by atoms with Gasteiger partial charge in [-0.2, -0.15) is 0 Å². The molecule has 2 rings (SSSR count). The summed E-state index contributed by atoms with van der Waals surface area (Å²) >= 11 is 0. The van der Waals surface area contributed by atoms with Gasteiger partial charge in [-0.05, 0) is 17.7 Å². The molecule has 0 amide bonds. The van der Waals surface area contributed by atoms with Gasteiger partial charge in [0, 0.05) is 24.0 Å². The largest absolute Gasteiger partial charge is 0.497 e. The second kappa shape index (κ2) is 5.35. The maximum absolute atomic E-state index is 5.22. The van der Waals surface area contributed by atoms with Crippen LogP contribution in [0, 0.1) is 0 Å². The molecule has 0 spiro atoms. The number of benzene rings is 1. The summed E-state index contributed by atoms with van der Waals surface area (Å²) in [7, 11) is 4.76. The standard InChI is InChI=1S/C13H14N2O3/c1-16-11-4-9(5-12(6-11)17-2)10-7-14-13(18-3)15-8-10/h4-8H,1-3H3. The van der Waals surface area contributed by atoms with Crippen LogP contribution in [0.3, 0.4) is 0 Å². The minimum Gasteiger partial charge on any atom is -0.497 e. The third-order valence-electron chi connectivity index (χ3n) is 2.50. The van der Waals surface area contributed by atoms with E-state index < -0.39 is 0 Å². The Morgan fingerprint density at radius 1 is 0.722 bits per heavy atom. The number of hydrogen-bond acceptors (Lipinski definition) is 5. The van der Waals surface area contributed by atoms with Crippen LogP contribution in [0.25, 0.3) is 11.1 Å². The van der Waals surface area contributed by atoms with Crippen molar-refractivity contribution in [3.8, 4) is 28.6 Å². The Kier molecular flexibility index (Phi) is 3.62. The van der Waals surface area contributed by atoms with Crippen molar-refractivity contribution in [2.75, 3.05) is 21.3 Å². The number of ether oxygens (including phenoxy) is 3. The van der Waals surface area contributed by atoms with E-state index in [0.717, 1.165) is 22.6 Å². The molecule has 1 aromatic heterocycles. The molecule has 0 atom stereocenters. The zero-order chi connectivity index (χ0) is 13.0. The van der Waals surface area contributed by atoms with Crippen molar-refractivity contribution in [1.82, 2.24) is 9.97 Å². The first-order valence-corrected chi connectivity index (χ1v) is 5.36. The van der Waals surface area contributed by atoms with E-state index >= 15 is 0 Å². The SMILES string of the molecule is COc1cc(OC)cc(-c2cnc(OC)nc2)c1. The van der Waals surface area contributed by atoms with Crippen molar-refractivity contribution in [2.45, 2.75) is 0 Å². The molecule has 0 bridgehead atoms. The molecule has 94 valence electrons. The number of rotatable bonds is 4. The lowest BCUT2D eigenvalue weighted by molar-refractivity contribution is 0.380. The summed E-state index contributed by atoms with van der Waals surface area (Å²) in [5.41, 5.74) is 1.79. The third-order valence-corrected chi connectivity index (χ3v) is 2.50. The molecule has 5 nitrogen and oxygen atoms in total. The maximum Gasteiger partial charge on any atom is 0.316 e. The highest BCUT2D eigenvalue weighted by molar-refractivity contribution is 5.65. The first-order chi connectivity index (χ1) is 8.76. The third kappa shape index (κ3) is 2.51. The van der Waals surface area contributed by atoms with Gasteiger partial charge in [0.05, 0.1) is 21.3 Å². The summed E-state index contributed by atoms with van der Waals surface area (Å²) in [6.45, 7) is 0. The van der Waals surface area contributed by atoms with E-state index in [0.29, 0.717) is 6.01 Å². The molecule has 0 aliphatic rings. The highest BCUT2D eigenvalue weighted by atomic mass is 16.5. The second-order valence-electron chi connectivity index (χ2n) is 3.56. The maximum atomic E-state index is 5.22. The molecule has 0 radical (unpaired) electrons. The van der Waals surface area contributed by atoms with Crippen LogP contribution in [0.5, 0.6) is 17.5 Å². The second-order valence-corrected chi connectivity index (χ2v) is 3.56. The van der Waals surface area contributed by atoms with Crippen molar-refractivity contribution in [3.63, 3.8) is 0 Å². The Morgan fingerprint density at radius 3 is 1.72 bits per heavy atom.